The minimum Gasteiger partial charge on any atom is -0.324 e. The van der Waals surface area contributed by atoms with Crippen LogP contribution in [0.2, 0.25) is 0 Å². The van der Waals surface area contributed by atoms with Crippen molar-refractivity contribution in [2.75, 3.05) is 0 Å². The van der Waals surface area contributed by atoms with E-state index in [1.807, 2.05) is 29.1 Å². The number of rotatable bonds is 3. The van der Waals surface area contributed by atoms with Crippen molar-refractivity contribution in [2.24, 2.45) is 5.73 Å². The summed E-state index contributed by atoms with van der Waals surface area (Å²) in [5, 5.41) is 5.61. The predicted molar refractivity (Wildman–Crippen MR) is 78.3 cm³/mol. The van der Waals surface area contributed by atoms with E-state index >= 15 is 0 Å². The Morgan fingerprint density at radius 1 is 1.16 bits per heavy atom. The number of nitrogens with two attached hydrogens (primary N) is 1. The van der Waals surface area contributed by atoms with Gasteiger partial charge in [0.05, 0.1) is 17.4 Å². The van der Waals surface area contributed by atoms with E-state index in [4.69, 9.17) is 5.73 Å². The van der Waals surface area contributed by atoms with Crippen molar-refractivity contribution in [1.29, 1.82) is 0 Å². The van der Waals surface area contributed by atoms with Gasteiger partial charge < -0.3 is 5.73 Å². The molecule has 1 aromatic heterocycles. The average Bonchev–Trinajstić information content (AvgIpc) is 2.90. The van der Waals surface area contributed by atoms with Crippen molar-refractivity contribution >= 4 is 10.9 Å². The third kappa shape index (κ3) is 2.13. The van der Waals surface area contributed by atoms with Crippen LogP contribution < -0.4 is 5.73 Å². The summed E-state index contributed by atoms with van der Waals surface area (Å²) in [6.45, 7) is 2.10. The molecule has 0 saturated carbocycles. The van der Waals surface area contributed by atoms with E-state index in [2.05, 4.69) is 42.4 Å². The van der Waals surface area contributed by atoms with Gasteiger partial charge in [-0.3, -0.25) is 0 Å². The predicted octanol–water partition coefficient (Wildman–Crippen LogP) is 3.44. The molecule has 2 aromatic carbocycles. The van der Waals surface area contributed by atoms with Gasteiger partial charge >= 0.3 is 0 Å². The number of aromatic nitrogens is 2. The van der Waals surface area contributed by atoms with Crippen molar-refractivity contribution < 1.29 is 0 Å². The number of hydrogen-bond donors (Lipinski definition) is 1. The molecule has 0 amide bonds. The van der Waals surface area contributed by atoms with Crippen LogP contribution in [0.1, 0.15) is 24.9 Å². The summed E-state index contributed by atoms with van der Waals surface area (Å²) in [5.74, 6) is 0. The maximum Gasteiger partial charge on any atom is 0.0741 e. The Kier molecular flexibility index (Phi) is 3.05. The van der Waals surface area contributed by atoms with Gasteiger partial charge in [-0.05, 0) is 30.2 Å². The highest BCUT2D eigenvalue weighted by Gasteiger charge is 2.07. The maximum absolute atomic E-state index is 6.10. The SMILES string of the molecule is CCC(N)c1cccc(-n2ncc3ccccc32)c1. The second-order valence-corrected chi connectivity index (χ2v) is 4.72. The van der Waals surface area contributed by atoms with E-state index in [1.165, 1.54) is 0 Å². The molecular formula is C16H17N3. The van der Waals surface area contributed by atoms with E-state index in [-0.39, 0.29) is 6.04 Å². The summed E-state index contributed by atoms with van der Waals surface area (Å²) in [5.41, 5.74) is 9.43. The van der Waals surface area contributed by atoms with E-state index < -0.39 is 0 Å². The summed E-state index contributed by atoms with van der Waals surface area (Å²) in [7, 11) is 0. The average molecular weight is 251 g/mol. The third-order valence-electron chi connectivity index (χ3n) is 3.46. The van der Waals surface area contributed by atoms with Gasteiger partial charge in [-0.15, -0.1) is 0 Å². The van der Waals surface area contributed by atoms with Crippen LogP contribution in [0.5, 0.6) is 0 Å². The summed E-state index contributed by atoms with van der Waals surface area (Å²) in [4.78, 5) is 0. The van der Waals surface area contributed by atoms with Gasteiger partial charge in [0.25, 0.3) is 0 Å². The standard InChI is InChI=1S/C16H17N3/c1-2-15(17)12-7-5-8-14(10-12)19-16-9-4-3-6-13(16)11-18-19/h3-11,15H,2,17H2,1H3. The van der Waals surface area contributed by atoms with E-state index in [0.29, 0.717) is 0 Å². The molecule has 3 heteroatoms. The second kappa shape index (κ2) is 4.86. The molecule has 1 heterocycles. The van der Waals surface area contributed by atoms with Gasteiger partial charge in [0.15, 0.2) is 0 Å². The zero-order valence-corrected chi connectivity index (χ0v) is 11.0. The highest BCUT2D eigenvalue weighted by Crippen LogP contribution is 2.21. The Bertz CT molecular complexity index is 700. The monoisotopic (exact) mass is 251 g/mol. The molecule has 0 radical (unpaired) electrons. The molecule has 1 atom stereocenters. The molecule has 19 heavy (non-hydrogen) atoms. The number of fused-ring (bicyclic) bond motifs is 1. The van der Waals surface area contributed by atoms with Gasteiger partial charge in [0, 0.05) is 11.4 Å². The Morgan fingerprint density at radius 2 is 2.00 bits per heavy atom. The van der Waals surface area contributed by atoms with Gasteiger partial charge in [0.1, 0.15) is 0 Å². The zero-order chi connectivity index (χ0) is 13.2. The number of para-hydroxylation sites is 1. The van der Waals surface area contributed by atoms with Crippen LogP contribution in [0.15, 0.2) is 54.7 Å². The van der Waals surface area contributed by atoms with Crippen molar-refractivity contribution in [1.82, 2.24) is 9.78 Å². The quantitative estimate of drug-likeness (QED) is 0.775. The molecule has 96 valence electrons. The van der Waals surface area contributed by atoms with Crippen LogP contribution >= 0.6 is 0 Å². The summed E-state index contributed by atoms with van der Waals surface area (Å²) in [6.07, 6.45) is 2.82. The fourth-order valence-corrected chi connectivity index (χ4v) is 2.30. The van der Waals surface area contributed by atoms with Gasteiger partial charge in [-0.25, -0.2) is 4.68 Å². The molecule has 0 aliphatic rings. The van der Waals surface area contributed by atoms with Crippen LogP contribution in [0.4, 0.5) is 0 Å². The molecule has 0 saturated heterocycles. The topological polar surface area (TPSA) is 43.8 Å². The molecule has 3 rings (SSSR count). The molecule has 0 aliphatic carbocycles. The number of hydrogen-bond acceptors (Lipinski definition) is 2. The molecule has 0 fully saturated rings. The van der Waals surface area contributed by atoms with Gasteiger partial charge in [-0.1, -0.05) is 37.3 Å². The lowest BCUT2D eigenvalue weighted by Crippen LogP contribution is -2.09. The first kappa shape index (κ1) is 11.9. The van der Waals surface area contributed by atoms with Crippen LogP contribution in [0.3, 0.4) is 0 Å². The minimum atomic E-state index is 0.0850. The lowest BCUT2D eigenvalue weighted by atomic mass is 10.1. The lowest BCUT2D eigenvalue weighted by Gasteiger charge is -2.11. The Hall–Kier alpha value is -2.13. The van der Waals surface area contributed by atoms with Crippen molar-refractivity contribution in [3.63, 3.8) is 0 Å². The Balaban J connectivity index is 2.11. The smallest absolute Gasteiger partial charge is 0.0741 e. The zero-order valence-electron chi connectivity index (χ0n) is 11.0. The van der Waals surface area contributed by atoms with E-state index in [9.17, 15) is 0 Å². The highest BCUT2D eigenvalue weighted by molar-refractivity contribution is 5.80. The number of benzene rings is 2. The van der Waals surface area contributed by atoms with E-state index in [1.54, 1.807) is 0 Å². The Morgan fingerprint density at radius 3 is 2.84 bits per heavy atom. The summed E-state index contributed by atoms with van der Waals surface area (Å²) >= 11 is 0. The van der Waals surface area contributed by atoms with Crippen molar-refractivity contribution in [3.8, 4) is 5.69 Å². The summed E-state index contributed by atoms with van der Waals surface area (Å²) in [6, 6.07) is 16.6. The summed E-state index contributed by atoms with van der Waals surface area (Å²) < 4.78 is 1.96. The Labute approximate surface area is 112 Å². The molecule has 2 N–H and O–H groups in total. The van der Waals surface area contributed by atoms with Gasteiger partial charge in [-0.2, -0.15) is 5.10 Å². The first-order valence-corrected chi connectivity index (χ1v) is 6.58. The van der Waals surface area contributed by atoms with Crippen LogP contribution in [-0.4, -0.2) is 9.78 Å². The van der Waals surface area contributed by atoms with Crippen LogP contribution in [0.25, 0.3) is 16.6 Å². The van der Waals surface area contributed by atoms with Gasteiger partial charge in [0.2, 0.25) is 0 Å². The van der Waals surface area contributed by atoms with Crippen LogP contribution in [-0.2, 0) is 0 Å². The molecule has 3 aromatic rings. The molecule has 1 unspecified atom stereocenters. The lowest BCUT2D eigenvalue weighted by molar-refractivity contribution is 0.697. The first-order valence-electron chi connectivity index (χ1n) is 6.58. The third-order valence-corrected chi connectivity index (χ3v) is 3.46. The second-order valence-electron chi connectivity index (χ2n) is 4.72. The minimum absolute atomic E-state index is 0.0850. The maximum atomic E-state index is 6.10. The molecule has 0 spiro atoms. The fraction of sp³-hybridized carbons (Fsp3) is 0.188. The highest BCUT2D eigenvalue weighted by atomic mass is 15.3. The van der Waals surface area contributed by atoms with Crippen LogP contribution in [0, 0.1) is 0 Å². The van der Waals surface area contributed by atoms with Crippen molar-refractivity contribution in [2.45, 2.75) is 19.4 Å². The molecule has 0 aliphatic heterocycles. The van der Waals surface area contributed by atoms with E-state index in [0.717, 1.165) is 28.6 Å². The largest absolute Gasteiger partial charge is 0.324 e. The molecule has 3 nitrogen and oxygen atoms in total. The van der Waals surface area contributed by atoms with Crippen molar-refractivity contribution in [3.05, 3.63) is 60.3 Å². The number of nitrogens with zero attached hydrogens (tertiary/aromatic N) is 2. The fourth-order valence-electron chi connectivity index (χ4n) is 2.30. The normalized spacial score (nSPS) is 12.7. The molecular weight excluding hydrogens is 234 g/mol. The first-order chi connectivity index (χ1) is 9.29. The molecule has 0 bridgehead atoms.